The fourth-order valence-electron chi connectivity index (χ4n) is 3.88. The van der Waals surface area contributed by atoms with Gasteiger partial charge in [-0.25, -0.2) is 4.68 Å². The van der Waals surface area contributed by atoms with Crippen molar-refractivity contribution >= 4 is 28.3 Å². The van der Waals surface area contributed by atoms with Crippen LogP contribution in [0.5, 0.6) is 0 Å². The number of aryl methyl sites for hydroxylation is 2. The number of nitrogens with zero attached hydrogens (tertiary/aromatic N) is 4. The van der Waals surface area contributed by atoms with E-state index in [1.807, 2.05) is 38.1 Å². The third kappa shape index (κ3) is 4.99. The Hall–Kier alpha value is -2.64. The van der Waals surface area contributed by atoms with Crippen molar-refractivity contribution in [1.82, 2.24) is 24.6 Å². The minimum absolute atomic E-state index is 0.0960. The molecule has 8 heteroatoms. The molecule has 0 fully saturated rings. The van der Waals surface area contributed by atoms with E-state index >= 15 is 0 Å². The first-order chi connectivity index (χ1) is 14.9. The van der Waals surface area contributed by atoms with Crippen LogP contribution in [0.1, 0.15) is 30.8 Å². The topological polar surface area (TPSA) is 72.2 Å². The lowest BCUT2D eigenvalue weighted by Crippen LogP contribution is -2.38. The van der Waals surface area contributed by atoms with E-state index in [1.165, 1.54) is 4.68 Å². The van der Waals surface area contributed by atoms with Crippen molar-refractivity contribution in [2.24, 2.45) is 0 Å². The number of carbonyl (C=O) groups excluding carboxylic acids is 1. The van der Waals surface area contributed by atoms with Crippen molar-refractivity contribution in [3.63, 3.8) is 0 Å². The molecule has 7 nitrogen and oxygen atoms in total. The maximum atomic E-state index is 13.1. The highest BCUT2D eigenvalue weighted by atomic mass is 35.5. The van der Waals surface area contributed by atoms with Crippen LogP contribution in [0.3, 0.4) is 0 Å². The Morgan fingerprint density at radius 1 is 1.16 bits per heavy atom. The average Bonchev–Trinajstić information content (AvgIpc) is 3.00. The predicted octanol–water partition coefficient (Wildman–Crippen LogP) is 2.97. The standard InChI is InChI=1S/C23H30ClN5O2/c1-5-27(6-2)12-11-25-21(30)15-29-23(31)22-17(4)28(16(3)19(22)13-26-29)14-18-9-7-8-10-20(18)24/h7-10,13H,5-6,11-12,14-15H2,1-4H3,(H,25,30). The maximum absolute atomic E-state index is 13.1. The lowest BCUT2D eigenvalue weighted by atomic mass is 10.2. The van der Waals surface area contributed by atoms with Crippen LogP contribution in [0, 0.1) is 13.8 Å². The first-order valence-electron chi connectivity index (χ1n) is 10.6. The average molecular weight is 444 g/mol. The summed E-state index contributed by atoms with van der Waals surface area (Å²) in [6.45, 7) is 11.7. The molecule has 1 amide bonds. The summed E-state index contributed by atoms with van der Waals surface area (Å²) in [5, 5.41) is 9.21. The fourth-order valence-corrected chi connectivity index (χ4v) is 4.07. The molecule has 31 heavy (non-hydrogen) atoms. The normalized spacial score (nSPS) is 11.4. The zero-order valence-electron chi connectivity index (χ0n) is 18.6. The number of hydrogen-bond acceptors (Lipinski definition) is 4. The highest BCUT2D eigenvalue weighted by molar-refractivity contribution is 6.31. The quantitative estimate of drug-likeness (QED) is 0.551. The van der Waals surface area contributed by atoms with Crippen molar-refractivity contribution in [2.45, 2.75) is 40.8 Å². The number of likely N-dealkylation sites (N-methyl/N-ethyl adjacent to an activating group) is 1. The number of amides is 1. The first kappa shape index (κ1) is 23.0. The van der Waals surface area contributed by atoms with E-state index in [9.17, 15) is 9.59 Å². The fraction of sp³-hybridized carbons (Fsp3) is 0.435. The van der Waals surface area contributed by atoms with Crippen molar-refractivity contribution in [3.8, 4) is 0 Å². The molecule has 0 aliphatic heterocycles. The number of nitrogens with one attached hydrogen (secondary N) is 1. The zero-order chi connectivity index (χ0) is 22.5. The number of fused-ring (bicyclic) bond motifs is 1. The summed E-state index contributed by atoms with van der Waals surface area (Å²) >= 11 is 6.33. The highest BCUT2D eigenvalue weighted by Gasteiger charge is 2.18. The Morgan fingerprint density at radius 3 is 2.55 bits per heavy atom. The summed E-state index contributed by atoms with van der Waals surface area (Å²) in [6, 6.07) is 7.68. The second-order valence-electron chi connectivity index (χ2n) is 7.62. The maximum Gasteiger partial charge on any atom is 0.276 e. The zero-order valence-corrected chi connectivity index (χ0v) is 19.4. The molecule has 0 saturated heterocycles. The molecular formula is C23H30ClN5O2. The van der Waals surface area contributed by atoms with E-state index in [1.54, 1.807) is 6.20 Å². The van der Waals surface area contributed by atoms with Gasteiger partial charge in [0.2, 0.25) is 5.91 Å². The molecule has 2 aromatic heterocycles. The minimum atomic E-state index is -0.255. The van der Waals surface area contributed by atoms with Crippen LogP contribution in [-0.4, -0.2) is 51.3 Å². The van der Waals surface area contributed by atoms with Gasteiger partial charge in [0.25, 0.3) is 5.56 Å². The van der Waals surface area contributed by atoms with Gasteiger partial charge in [0.05, 0.1) is 11.6 Å². The van der Waals surface area contributed by atoms with Gasteiger partial charge in [-0.1, -0.05) is 43.6 Å². The molecule has 3 aromatic rings. The molecule has 1 aromatic carbocycles. The lowest BCUT2D eigenvalue weighted by Gasteiger charge is -2.17. The van der Waals surface area contributed by atoms with Crippen LogP contribution in [0.15, 0.2) is 35.3 Å². The third-order valence-corrected chi connectivity index (χ3v) is 6.20. The summed E-state index contributed by atoms with van der Waals surface area (Å²) in [6.07, 6.45) is 1.67. The van der Waals surface area contributed by atoms with E-state index < -0.39 is 0 Å². The van der Waals surface area contributed by atoms with Gasteiger partial charge < -0.3 is 14.8 Å². The number of carbonyl (C=O) groups is 1. The van der Waals surface area contributed by atoms with Crippen LogP contribution < -0.4 is 10.9 Å². The molecule has 0 radical (unpaired) electrons. The number of rotatable bonds is 9. The smallest absolute Gasteiger partial charge is 0.276 e. The van der Waals surface area contributed by atoms with Crippen molar-refractivity contribution in [1.29, 1.82) is 0 Å². The number of hydrogen-bond donors (Lipinski definition) is 1. The molecule has 0 atom stereocenters. The van der Waals surface area contributed by atoms with Gasteiger partial charge in [-0.05, 0) is 38.6 Å². The predicted molar refractivity (Wildman–Crippen MR) is 125 cm³/mol. The van der Waals surface area contributed by atoms with Crippen LogP contribution in [0.2, 0.25) is 5.02 Å². The second-order valence-corrected chi connectivity index (χ2v) is 8.03. The largest absolute Gasteiger partial charge is 0.353 e. The Labute approximate surface area is 187 Å². The second kappa shape index (κ2) is 10.1. The van der Waals surface area contributed by atoms with Crippen molar-refractivity contribution in [3.05, 3.63) is 62.8 Å². The molecule has 0 spiro atoms. The Kier molecular flexibility index (Phi) is 7.51. The molecule has 2 heterocycles. The Bertz CT molecular complexity index is 1130. The molecular weight excluding hydrogens is 414 g/mol. The molecule has 3 rings (SSSR count). The van der Waals surface area contributed by atoms with Gasteiger partial charge in [-0.3, -0.25) is 9.59 Å². The van der Waals surface area contributed by atoms with Crippen molar-refractivity contribution in [2.75, 3.05) is 26.2 Å². The Balaban J connectivity index is 1.82. The number of aromatic nitrogens is 3. The summed E-state index contributed by atoms with van der Waals surface area (Å²) in [7, 11) is 0. The minimum Gasteiger partial charge on any atom is -0.353 e. The van der Waals surface area contributed by atoms with E-state index in [0.29, 0.717) is 23.5 Å². The summed E-state index contributed by atoms with van der Waals surface area (Å²) in [5.74, 6) is -0.217. The van der Waals surface area contributed by atoms with Crippen LogP contribution >= 0.6 is 11.6 Å². The molecule has 1 N–H and O–H groups in total. The first-order valence-corrected chi connectivity index (χ1v) is 11.0. The molecule has 0 bridgehead atoms. The summed E-state index contributed by atoms with van der Waals surface area (Å²) < 4.78 is 3.31. The molecule has 0 aliphatic rings. The third-order valence-electron chi connectivity index (χ3n) is 5.83. The van der Waals surface area contributed by atoms with E-state index in [0.717, 1.165) is 42.0 Å². The summed E-state index contributed by atoms with van der Waals surface area (Å²) in [5.41, 5.74) is 2.52. The van der Waals surface area contributed by atoms with Gasteiger partial charge >= 0.3 is 0 Å². The highest BCUT2D eigenvalue weighted by Crippen LogP contribution is 2.25. The van der Waals surface area contributed by atoms with Gasteiger partial charge in [0.15, 0.2) is 0 Å². The van der Waals surface area contributed by atoms with E-state index in [2.05, 4.69) is 33.7 Å². The van der Waals surface area contributed by atoms with E-state index in [-0.39, 0.29) is 18.0 Å². The monoisotopic (exact) mass is 443 g/mol. The van der Waals surface area contributed by atoms with Gasteiger partial charge in [-0.2, -0.15) is 5.10 Å². The van der Waals surface area contributed by atoms with Crippen molar-refractivity contribution < 1.29 is 4.79 Å². The summed E-state index contributed by atoms with van der Waals surface area (Å²) in [4.78, 5) is 27.7. The van der Waals surface area contributed by atoms with Gasteiger partial charge in [0.1, 0.15) is 6.54 Å². The van der Waals surface area contributed by atoms with Gasteiger partial charge in [0, 0.05) is 41.4 Å². The van der Waals surface area contributed by atoms with E-state index in [4.69, 9.17) is 11.6 Å². The Morgan fingerprint density at radius 2 is 1.87 bits per heavy atom. The SMILES string of the molecule is CCN(CC)CCNC(=O)Cn1ncc2c(C)n(Cc3ccccc3Cl)c(C)c2c1=O. The van der Waals surface area contributed by atoms with Crippen LogP contribution in [-0.2, 0) is 17.9 Å². The molecule has 0 saturated carbocycles. The number of benzene rings is 1. The molecule has 166 valence electrons. The lowest BCUT2D eigenvalue weighted by molar-refractivity contribution is -0.121. The molecule has 0 aliphatic carbocycles. The number of halogens is 1. The van der Waals surface area contributed by atoms with Gasteiger partial charge in [-0.15, -0.1) is 0 Å². The van der Waals surface area contributed by atoms with Crippen LogP contribution in [0.4, 0.5) is 0 Å². The molecule has 0 unspecified atom stereocenters. The van der Waals surface area contributed by atoms with Crippen LogP contribution in [0.25, 0.3) is 10.8 Å².